The van der Waals surface area contributed by atoms with E-state index in [4.69, 9.17) is 9.47 Å². The minimum Gasteiger partial charge on any atom is -0.465 e. The number of aliphatic hydroxyl groups excluding tert-OH is 1. The van der Waals surface area contributed by atoms with E-state index in [1.165, 1.54) is 7.11 Å². The molecule has 0 saturated carbocycles. The Morgan fingerprint density at radius 1 is 1.14 bits per heavy atom. The molecule has 0 saturated heterocycles. The van der Waals surface area contributed by atoms with Crippen LogP contribution in [0, 0.1) is 0 Å². The summed E-state index contributed by atoms with van der Waals surface area (Å²) in [6.07, 6.45) is -0.971. The summed E-state index contributed by atoms with van der Waals surface area (Å²) in [5, 5.41) is 11.9. The number of hydrogen-bond donors (Lipinski definition) is 1. The highest BCUT2D eigenvalue weighted by atomic mass is 16.6. The summed E-state index contributed by atoms with van der Waals surface area (Å²) in [7, 11) is 1.36. The smallest absolute Gasteiger partial charge is 0.337 e. The van der Waals surface area contributed by atoms with Crippen LogP contribution in [0.25, 0.3) is 10.8 Å². The van der Waals surface area contributed by atoms with E-state index in [1.54, 1.807) is 23.1 Å². The Balaban J connectivity index is 2.22. The highest BCUT2D eigenvalue weighted by Gasteiger charge is 2.14. The number of carbonyl (C=O) groups is 1. The zero-order chi connectivity index (χ0) is 16.1. The molecule has 0 amide bonds. The molecule has 0 radical (unpaired) electrons. The van der Waals surface area contributed by atoms with E-state index in [0.717, 1.165) is 10.8 Å². The maximum atomic E-state index is 11.5. The molecule has 1 atom stereocenters. The molecule has 2 rings (SSSR count). The molecule has 1 unspecified atom stereocenters. The number of rotatable bonds is 6. The fraction of sp³-hybridized carbons (Fsp3) is 0.353. The van der Waals surface area contributed by atoms with E-state index in [2.05, 4.69) is 0 Å². The average molecular weight is 303 g/mol. The molecular formula is C17H21NO4. The van der Waals surface area contributed by atoms with Crippen molar-refractivity contribution in [2.45, 2.75) is 20.3 Å². The first kappa shape index (κ1) is 16.3. The predicted molar refractivity (Wildman–Crippen MR) is 84.8 cm³/mol. The number of esters is 1. The van der Waals surface area contributed by atoms with Gasteiger partial charge < -0.3 is 14.6 Å². The van der Waals surface area contributed by atoms with Crippen LogP contribution in [0.1, 0.15) is 24.2 Å². The molecule has 0 fully saturated rings. The molecule has 0 bridgehead atoms. The normalized spacial score (nSPS) is 12.4. The Kier molecular flexibility index (Phi) is 5.35. The molecule has 22 heavy (non-hydrogen) atoms. The van der Waals surface area contributed by atoms with E-state index in [9.17, 15) is 9.90 Å². The number of hydrogen-bond acceptors (Lipinski definition) is 5. The molecule has 118 valence electrons. The fourth-order valence-electron chi connectivity index (χ4n) is 2.27. The standard InChI is InChI=1S/C17H21NO4/c1-4-18(5-2)17(20)22-15-9-8-12-10-14(16(19)21-3)7-6-13(12)11-15/h6-11,17,20H,4-5H2,1-3H3. The number of methoxy groups -OCH3 is 1. The van der Waals surface area contributed by atoms with Gasteiger partial charge in [0.25, 0.3) is 6.41 Å². The summed E-state index contributed by atoms with van der Waals surface area (Å²) in [5.41, 5.74) is 0.506. The van der Waals surface area contributed by atoms with Gasteiger partial charge in [-0.2, -0.15) is 0 Å². The van der Waals surface area contributed by atoms with Crippen LogP contribution in [0.5, 0.6) is 5.75 Å². The van der Waals surface area contributed by atoms with Crippen molar-refractivity contribution in [1.29, 1.82) is 0 Å². The lowest BCUT2D eigenvalue weighted by Gasteiger charge is -2.25. The average Bonchev–Trinajstić information content (AvgIpc) is 2.54. The van der Waals surface area contributed by atoms with Crippen molar-refractivity contribution in [2.24, 2.45) is 0 Å². The van der Waals surface area contributed by atoms with Gasteiger partial charge in [-0.05, 0) is 35.0 Å². The van der Waals surface area contributed by atoms with Gasteiger partial charge in [-0.1, -0.05) is 26.0 Å². The second-order valence-electron chi connectivity index (χ2n) is 4.88. The van der Waals surface area contributed by atoms with Crippen molar-refractivity contribution in [3.05, 3.63) is 42.0 Å². The van der Waals surface area contributed by atoms with E-state index in [0.29, 0.717) is 24.4 Å². The minimum absolute atomic E-state index is 0.362. The molecular weight excluding hydrogens is 282 g/mol. The molecule has 0 aromatic heterocycles. The Morgan fingerprint density at radius 2 is 1.77 bits per heavy atom. The first-order valence-corrected chi connectivity index (χ1v) is 7.30. The minimum atomic E-state index is -0.971. The van der Waals surface area contributed by atoms with E-state index in [-0.39, 0.29) is 5.97 Å². The predicted octanol–water partition coefficient (Wildman–Crippen LogP) is 2.62. The van der Waals surface area contributed by atoms with Gasteiger partial charge in [-0.25, -0.2) is 9.69 Å². The number of benzene rings is 2. The number of nitrogens with zero attached hydrogens (tertiary/aromatic N) is 1. The van der Waals surface area contributed by atoms with Gasteiger partial charge in [-0.15, -0.1) is 0 Å². The van der Waals surface area contributed by atoms with Crippen LogP contribution in [0.2, 0.25) is 0 Å². The van der Waals surface area contributed by atoms with Crippen LogP contribution in [-0.2, 0) is 4.74 Å². The van der Waals surface area contributed by atoms with Crippen LogP contribution >= 0.6 is 0 Å². The third kappa shape index (κ3) is 3.55. The first-order valence-electron chi connectivity index (χ1n) is 7.30. The van der Waals surface area contributed by atoms with Gasteiger partial charge in [0.2, 0.25) is 0 Å². The molecule has 0 aliphatic heterocycles. The molecule has 2 aromatic carbocycles. The summed E-state index contributed by atoms with van der Waals surface area (Å²) >= 11 is 0. The summed E-state index contributed by atoms with van der Waals surface area (Å²) in [6, 6.07) is 10.8. The largest absolute Gasteiger partial charge is 0.465 e. The first-order chi connectivity index (χ1) is 10.6. The summed E-state index contributed by atoms with van der Waals surface area (Å²) in [4.78, 5) is 13.3. The lowest BCUT2D eigenvalue weighted by molar-refractivity contribution is -0.131. The van der Waals surface area contributed by atoms with E-state index in [1.807, 2.05) is 32.0 Å². The zero-order valence-corrected chi connectivity index (χ0v) is 13.1. The molecule has 0 aliphatic carbocycles. The SMILES string of the molecule is CCN(CC)C(O)Oc1ccc2cc(C(=O)OC)ccc2c1. The van der Waals surface area contributed by atoms with Gasteiger partial charge >= 0.3 is 5.97 Å². The molecule has 2 aromatic rings. The van der Waals surface area contributed by atoms with Crippen LogP contribution in [0.15, 0.2) is 36.4 Å². The maximum Gasteiger partial charge on any atom is 0.337 e. The Morgan fingerprint density at radius 3 is 2.41 bits per heavy atom. The van der Waals surface area contributed by atoms with Crippen molar-refractivity contribution in [3.63, 3.8) is 0 Å². The number of fused-ring (bicyclic) bond motifs is 1. The molecule has 0 spiro atoms. The van der Waals surface area contributed by atoms with E-state index >= 15 is 0 Å². The second kappa shape index (κ2) is 7.24. The third-order valence-corrected chi connectivity index (χ3v) is 3.60. The van der Waals surface area contributed by atoms with Crippen LogP contribution in [-0.4, -0.2) is 42.6 Å². The van der Waals surface area contributed by atoms with Crippen molar-refractivity contribution in [1.82, 2.24) is 4.90 Å². The topological polar surface area (TPSA) is 59.0 Å². The molecule has 5 nitrogen and oxygen atoms in total. The number of ether oxygens (including phenoxy) is 2. The summed E-state index contributed by atoms with van der Waals surface area (Å²) in [5.74, 6) is 0.219. The van der Waals surface area contributed by atoms with Gasteiger partial charge in [0.15, 0.2) is 0 Å². The zero-order valence-electron chi connectivity index (χ0n) is 13.1. The van der Waals surface area contributed by atoms with Crippen molar-refractivity contribution in [3.8, 4) is 5.75 Å². The van der Waals surface area contributed by atoms with Crippen LogP contribution in [0.3, 0.4) is 0 Å². The Hall–Kier alpha value is -2.11. The van der Waals surface area contributed by atoms with Crippen molar-refractivity contribution in [2.75, 3.05) is 20.2 Å². The highest BCUT2D eigenvalue weighted by Crippen LogP contribution is 2.23. The monoisotopic (exact) mass is 303 g/mol. The van der Waals surface area contributed by atoms with Gasteiger partial charge in [0.1, 0.15) is 5.75 Å². The number of aliphatic hydroxyl groups is 1. The second-order valence-corrected chi connectivity index (χ2v) is 4.88. The third-order valence-electron chi connectivity index (χ3n) is 3.60. The Bertz CT molecular complexity index is 652. The quantitative estimate of drug-likeness (QED) is 0.656. The highest BCUT2D eigenvalue weighted by molar-refractivity contribution is 5.95. The van der Waals surface area contributed by atoms with Gasteiger partial charge in [-0.3, -0.25) is 0 Å². The molecule has 1 N–H and O–H groups in total. The van der Waals surface area contributed by atoms with Gasteiger partial charge in [0.05, 0.1) is 12.7 Å². The molecule has 0 heterocycles. The van der Waals surface area contributed by atoms with E-state index < -0.39 is 6.41 Å². The fourth-order valence-corrected chi connectivity index (χ4v) is 2.27. The summed E-state index contributed by atoms with van der Waals surface area (Å²) in [6.45, 7) is 5.33. The van der Waals surface area contributed by atoms with Gasteiger partial charge in [0, 0.05) is 13.1 Å². The number of carbonyl (C=O) groups excluding carboxylic acids is 1. The molecule has 0 aliphatic rings. The summed E-state index contributed by atoms with van der Waals surface area (Å²) < 4.78 is 10.3. The Labute approximate surface area is 130 Å². The molecule has 5 heteroatoms. The maximum absolute atomic E-state index is 11.5. The van der Waals surface area contributed by atoms with Crippen LogP contribution in [0.4, 0.5) is 0 Å². The lowest BCUT2D eigenvalue weighted by Crippen LogP contribution is -2.39. The van der Waals surface area contributed by atoms with Crippen molar-refractivity contribution < 1.29 is 19.4 Å². The van der Waals surface area contributed by atoms with Crippen LogP contribution < -0.4 is 4.74 Å². The lowest BCUT2D eigenvalue weighted by atomic mass is 10.1. The van der Waals surface area contributed by atoms with Crippen molar-refractivity contribution >= 4 is 16.7 Å².